The number of oxazole rings is 1. The highest BCUT2D eigenvalue weighted by Gasteiger charge is 2.25. The number of thiophene rings is 1. The zero-order chi connectivity index (χ0) is 20.5. The highest BCUT2D eigenvalue weighted by molar-refractivity contribution is 7.16. The lowest BCUT2D eigenvalue weighted by Crippen LogP contribution is -2.16. The summed E-state index contributed by atoms with van der Waals surface area (Å²) in [7, 11) is 1.32. The molecular weight excluding hydrogens is 380 g/mol. The maximum Gasteiger partial charge on any atom is 0.340 e. The summed E-state index contributed by atoms with van der Waals surface area (Å²) in [6.45, 7) is 7.87. The number of furan rings is 1. The molecule has 0 unspecified atom stereocenters. The number of carbonyl (C=O) groups excluding carboxylic acids is 2. The zero-order valence-corrected chi connectivity index (χ0v) is 17.2. The predicted octanol–water partition coefficient (Wildman–Crippen LogP) is 4.57. The monoisotopic (exact) mass is 402 g/mol. The van der Waals surface area contributed by atoms with E-state index >= 15 is 0 Å². The van der Waals surface area contributed by atoms with Gasteiger partial charge in [-0.25, -0.2) is 9.78 Å². The van der Waals surface area contributed by atoms with Crippen LogP contribution in [0.2, 0.25) is 0 Å². The van der Waals surface area contributed by atoms with Crippen LogP contribution in [0, 0.1) is 6.92 Å². The van der Waals surface area contributed by atoms with Gasteiger partial charge in [0.25, 0.3) is 5.89 Å². The number of hydrogen-bond acceptors (Lipinski definition) is 7. The Bertz CT molecular complexity index is 993. The lowest BCUT2D eigenvalue weighted by molar-refractivity contribution is -0.115. The van der Waals surface area contributed by atoms with Gasteiger partial charge in [0.05, 0.1) is 31.1 Å². The molecule has 0 aliphatic rings. The second-order valence-corrected chi connectivity index (χ2v) is 8.37. The average molecular weight is 402 g/mol. The molecule has 3 rings (SSSR count). The Morgan fingerprint density at radius 2 is 2.07 bits per heavy atom. The molecule has 0 aromatic carbocycles. The molecule has 0 saturated heterocycles. The second-order valence-electron chi connectivity index (χ2n) is 7.32. The van der Waals surface area contributed by atoms with Crippen LogP contribution in [-0.2, 0) is 21.4 Å². The van der Waals surface area contributed by atoms with Gasteiger partial charge >= 0.3 is 5.97 Å². The van der Waals surface area contributed by atoms with E-state index in [4.69, 9.17) is 13.6 Å². The van der Waals surface area contributed by atoms with Gasteiger partial charge in [0.15, 0.2) is 5.76 Å². The number of nitrogens with one attached hydrogen (secondary N) is 1. The molecule has 1 N–H and O–H groups in total. The largest absolute Gasteiger partial charge is 0.465 e. The van der Waals surface area contributed by atoms with Crippen LogP contribution in [0.3, 0.4) is 0 Å². The molecule has 28 heavy (non-hydrogen) atoms. The maximum atomic E-state index is 12.6. The minimum absolute atomic E-state index is 0.0133. The van der Waals surface area contributed by atoms with Crippen molar-refractivity contribution >= 4 is 28.2 Å². The van der Waals surface area contributed by atoms with Gasteiger partial charge in [-0.15, -0.1) is 11.3 Å². The Labute approximate surface area is 166 Å². The summed E-state index contributed by atoms with van der Waals surface area (Å²) in [5, 5.41) is 3.28. The summed E-state index contributed by atoms with van der Waals surface area (Å²) in [4.78, 5) is 30.0. The van der Waals surface area contributed by atoms with Crippen molar-refractivity contribution in [3.63, 3.8) is 0 Å². The number of ether oxygens (including phenoxy) is 1. The second kappa shape index (κ2) is 7.63. The van der Waals surface area contributed by atoms with Gasteiger partial charge in [-0.05, 0) is 30.5 Å². The minimum Gasteiger partial charge on any atom is -0.465 e. The number of aromatic nitrogens is 1. The number of amides is 1. The number of rotatable bonds is 5. The summed E-state index contributed by atoms with van der Waals surface area (Å²) >= 11 is 1.36. The Balaban J connectivity index is 1.80. The third-order valence-electron chi connectivity index (χ3n) is 4.08. The summed E-state index contributed by atoms with van der Waals surface area (Å²) in [6, 6.07) is 5.24. The zero-order valence-electron chi connectivity index (χ0n) is 16.4. The Morgan fingerprint density at radius 1 is 1.32 bits per heavy atom. The van der Waals surface area contributed by atoms with Gasteiger partial charge in [-0.3, -0.25) is 4.79 Å². The van der Waals surface area contributed by atoms with E-state index in [2.05, 4.69) is 10.3 Å². The van der Waals surface area contributed by atoms with Crippen LogP contribution in [0.1, 0.15) is 47.5 Å². The van der Waals surface area contributed by atoms with Crippen LogP contribution >= 0.6 is 11.3 Å². The molecule has 0 saturated carbocycles. The molecule has 0 atom stereocenters. The van der Waals surface area contributed by atoms with Crippen molar-refractivity contribution in [1.29, 1.82) is 0 Å². The normalized spacial score (nSPS) is 11.5. The summed E-state index contributed by atoms with van der Waals surface area (Å²) in [5.41, 5.74) is 0.701. The standard InChI is InChI=1S/C20H22N2O5S/c1-11-13(21-17(27-11)14-7-6-8-26-14)10-16(23)22-18-12(19(24)25-5)9-15(28-18)20(2,3)4/h6-9H,10H2,1-5H3,(H,22,23). The minimum atomic E-state index is -0.486. The molecule has 1 amide bonds. The fourth-order valence-corrected chi connectivity index (χ4v) is 3.66. The quantitative estimate of drug-likeness (QED) is 0.628. The van der Waals surface area contributed by atoms with Crippen LogP contribution in [0.25, 0.3) is 11.7 Å². The van der Waals surface area contributed by atoms with Gasteiger partial charge in [-0.2, -0.15) is 0 Å². The maximum absolute atomic E-state index is 12.6. The summed E-state index contributed by atoms with van der Waals surface area (Å²) < 4.78 is 15.7. The lowest BCUT2D eigenvalue weighted by atomic mass is 9.94. The van der Waals surface area contributed by atoms with Crippen LogP contribution in [-0.4, -0.2) is 24.0 Å². The van der Waals surface area contributed by atoms with Gasteiger partial charge in [-0.1, -0.05) is 20.8 Å². The molecule has 0 fully saturated rings. The summed E-state index contributed by atoms with van der Waals surface area (Å²) in [5.74, 6) is 0.577. The fraction of sp³-hybridized carbons (Fsp3) is 0.350. The number of methoxy groups -OCH3 is 1. The molecule has 0 spiro atoms. The van der Waals surface area contributed by atoms with E-state index in [1.807, 2.05) is 20.8 Å². The SMILES string of the molecule is COC(=O)c1cc(C(C)(C)C)sc1NC(=O)Cc1nc(-c2ccco2)oc1C. The van der Waals surface area contributed by atoms with Crippen LogP contribution in [0.15, 0.2) is 33.3 Å². The molecule has 148 valence electrons. The molecule has 0 aliphatic carbocycles. The van der Waals surface area contributed by atoms with Crippen molar-refractivity contribution in [1.82, 2.24) is 4.98 Å². The van der Waals surface area contributed by atoms with E-state index in [1.54, 1.807) is 25.1 Å². The number of esters is 1. The van der Waals surface area contributed by atoms with Gasteiger partial charge in [0, 0.05) is 4.88 Å². The highest BCUT2D eigenvalue weighted by Crippen LogP contribution is 2.36. The van der Waals surface area contributed by atoms with Crippen molar-refractivity contribution in [3.8, 4) is 11.7 Å². The van der Waals surface area contributed by atoms with Crippen LogP contribution in [0.5, 0.6) is 0 Å². The van der Waals surface area contributed by atoms with Gasteiger partial charge < -0.3 is 18.9 Å². The number of anilines is 1. The molecule has 3 heterocycles. The number of nitrogens with zero attached hydrogens (tertiary/aromatic N) is 1. The molecular formula is C20H22N2O5S. The molecule has 3 aromatic heterocycles. The molecule has 7 nitrogen and oxygen atoms in total. The number of carbonyl (C=O) groups is 2. The smallest absolute Gasteiger partial charge is 0.340 e. The van der Waals surface area contributed by atoms with Crippen molar-refractivity contribution in [2.24, 2.45) is 0 Å². The average Bonchev–Trinajstić information content (AvgIpc) is 3.34. The van der Waals surface area contributed by atoms with Crippen LogP contribution < -0.4 is 5.32 Å². The predicted molar refractivity (Wildman–Crippen MR) is 106 cm³/mol. The van der Waals surface area contributed by atoms with Crippen molar-refractivity contribution < 1.29 is 23.2 Å². The topological polar surface area (TPSA) is 94.6 Å². The van der Waals surface area contributed by atoms with Crippen molar-refractivity contribution in [2.45, 2.75) is 39.5 Å². The Kier molecular flexibility index (Phi) is 5.42. The first-order valence-electron chi connectivity index (χ1n) is 8.71. The van der Waals surface area contributed by atoms with E-state index in [1.165, 1.54) is 24.7 Å². The third kappa shape index (κ3) is 4.17. The molecule has 8 heteroatoms. The van der Waals surface area contributed by atoms with E-state index in [0.717, 1.165) is 4.88 Å². The van der Waals surface area contributed by atoms with E-state index < -0.39 is 5.97 Å². The molecule has 3 aromatic rings. The first kappa shape index (κ1) is 19.9. The summed E-state index contributed by atoms with van der Waals surface area (Å²) in [6.07, 6.45) is 1.54. The van der Waals surface area contributed by atoms with Gasteiger partial charge in [0.2, 0.25) is 5.91 Å². The van der Waals surface area contributed by atoms with E-state index in [-0.39, 0.29) is 17.7 Å². The first-order valence-corrected chi connectivity index (χ1v) is 9.53. The molecule has 0 bridgehead atoms. The van der Waals surface area contributed by atoms with Crippen LogP contribution in [0.4, 0.5) is 5.00 Å². The van der Waals surface area contributed by atoms with Crippen molar-refractivity contribution in [3.05, 3.63) is 46.4 Å². The van der Waals surface area contributed by atoms with E-state index in [9.17, 15) is 9.59 Å². The Hall–Kier alpha value is -2.87. The Morgan fingerprint density at radius 3 is 2.68 bits per heavy atom. The third-order valence-corrected chi connectivity index (χ3v) is 5.56. The molecule has 0 radical (unpaired) electrons. The fourth-order valence-electron chi connectivity index (χ4n) is 2.54. The van der Waals surface area contributed by atoms with Crippen molar-refractivity contribution in [2.75, 3.05) is 12.4 Å². The first-order chi connectivity index (χ1) is 13.2. The number of hydrogen-bond donors (Lipinski definition) is 1. The van der Waals surface area contributed by atoms with Gasteiger partial charge in [0.1, 0.15) is 10.8 Å². The highest BCUT2D eigenvalue weighted by atomic mass is 32.1. The van der Waals surface area contributed by atoms with E-state index in [0.29, 0.717) is 33.7 Å². The lowest BCUT2D eigenvalue weighted by Gasteiger charge is -2.15. The number of aryl methyl sites for hydroxylation is 1. The molecule has 0 aliphatic heterocycles.